The number of hydrogen-bond donors (Lipinski definition) is 1. The third-order valence-corrected chi connectivity index (χ3v) is 2.48. The lowest BCUT2D eigenvalue weighted by atomic mass is 10.2. The van der Waals surface area contributed by atoms with E-state index in [-0.39, 0.29) is 0 Å². The fraction of sp³-hybridized carbons (Fsp3) is 0. The quantitative estimate of drug-likeness (QED) is 0.570. The van der Waals surface area contributed by atoms with Crippen molar-refractivity contribution in [2.45, 2.75) is 0 Å². The van der Waals surface area contributed by atoms with Crippen LogP contribution in [0.15, 0.2) is 34.9 Å². The molecule has 0 aliphatic heterocycles. The van der Waals surface area contributed by atoms with Gasteiger partial charge in [-0.3, -0.25) is 5.10 Å². The minimum atomic E-state index is 0.540. The summed E-state index contributed by atoms with van der Waals surface area (Å²) < 4.78 is 6.15. The molecular formula is C10H6N2OS. The van der Waals surface area contributed by atoms with Crippen LogP contribution in [0.4, 0.5) is 0 Å². The van der Waals surface area contributed by atoms with E-state index in [9.17, 15) is 0 Å². The van der Waals surface area contributed by atoms with Crippen molar-refractivity contribution < 1.29 is 4.42 Å². The summed E-state index contributed by atoms with van der Waals surface area (Å²) in [5.74, 6) is 0. The summed E-state index contributed by atoms with van der Waals surface area (Å²) in [5.41, 5.74) is 1.55. The number of nitrogens with zero attached hydrogens (tertiary/aromatic N) is 1. The van der Waals surface area contributed by atoms with Gasteiger partial charge in [0.1, 0.15) is 5.58 Å². The van der Waals surface area contributed by atoms with Gasteiger partial charge in [0.05, 0.1) is 11.6 Å². The second-order valence-electron chi connectivity index (χ2n) is 3.04. The minimum Gasteiger partial charge on any atom is -0.453 e. The Hall–Kier alpha value is -1.68. The van der Waals surface area contributed by atoms with Crippen molar-refractivity contribution in [2.24, 2.45) is 0 Å². The van der Waals surface area contributed by atoms with Crippen LogP contribution in [0.2, 0.25) is 0 Å². The maximum absolute atomic E-state index is 5.61. The molecule has 0 atom stereocenters. The van der Waals surface area contributed by atoms with E-state index < -0.39 is 0 Å². The summed E-state index contributed by atoms with van der Waals surface area (Å²) in [4.78, 5) is 0. The molecular weight excluding hydrogens is 196 g/mol. The average molecular weight is 202 g/mol. The largest absolute Gasteiger partial charge is 0.453 e. The van der Waals surface area contributed by atoms with Crippen molar-refractivity contribution in [3.05, 3.63) is 35.1 Å². The van der Waals surface area contributed by atoms with Crippen LogP contribution in [0.3, 0.4) is 0 Å². The third kappa shape index (κ3) is 0.914. The van der Waals surface area contributed by atoms with Gasteiger partial charge in [-0.15, -0.1) is 0 Å². The van der Waals surface area contributed by atoms with Crippen LogP contribution in [-0.2, 0) is 0 Å². The van der Waals surface area contributed by atoms with Crippen LogP contribution in [0.25, 0.3) is 21.9 Å². The normalized spacial score (nSPS) is 11.1. The second kappa shape index (κ2) is 2.65. The predicted molar refractivity (Wildman–Crippen MR) is 56.7 cm³/mol. The van der Waals surface area contributed by atoms with Crippen molar-refractivity contribution in [3.63, 3.8) is 0 Å². The first-order valence-corrected chi connectivity index (χ1v) is 4.62. The lowest BCUT2D eigenvalue weighted by Crippen LogP contribution is -1.78. The molecule has 0 saturated heterocycles. The third-order valence-electron chi connectivity index (χ3n) is 2.20. The Labute approximate surface area is 84.4 Å². The Morgan fingerprint density at radius 3 is 3.00 bits per heavy atom. The zero-order chi connectivity index (χ0) is 9.54. The van der Waals surface area contributed by atoms with Crippen molar-refractivity contribution in [2.75, 3.05) is 0 Å². The van der Waals surface area contributed by atoms with Crippen LogP contribution in [0.1, 0.15) is 0 Å². The van der Waals surface area contributed by atoms with Gasteiger partial charge in [-0.2, -0.15) is 5.10 Å². The summed E-state index contributed by atoms with van der Waals surface area (Å²) in [7, 11) is 0. The lowest BCUT2D eigenvalue weighted by Gasteiger charge is -1.86. The first-order chi connectivity index (χ1) is 6.86. The number of rotatable bonds is 0. The van der Waals surface area contributed by atoms with Crippen LogP contribution < -0.4 is 0 Å². The molecule has 0 unspecified atom stereocenters. The summed E-state index contributed by atoms with van der Waals surface area (Å²) in [6, 6.07) is 7.82. The van der Waals surface area contributed by atoms with E-state index in [1.807, 2.05) is 24.3 Å². The van der Waals surface area contributed by atoms with Gasteiger partial charge in [0.2, 0.25) is 0 Å². The Bertz CT molecular complexity index is 668. The van der Waals surface area contributed by atoms with Gasteiger partial charge in [-0.1, -0.05) is 30.4 Å². The Morgan fingerprint density at radius 2 is 2.07 bits per heavy atom. The van der Waals surface area contributed by atoms with Crippen molar-refractivity contribution in [1.82, 2.24) is 10.2 Å². The summed E-state index contributed by atoms with van der Waals surface area (Å²) in [5, 5.41) is 8.67. The van der Waals surface area contributed by atoms with Gasteiger partial charge in [0, 0.05) is 5.39 Å². The second-order valence-corrected chi connectivity index (χ2v) is 3.45. The van der Waals surface area contributed by atoms with E-state index in [0.717, 1.165) is 16.4 Å². The molecule has 3 aromatic rings. The van der Waals surface area contributed by atoms with Crippen LogP contribution in [0, 0.1) is 4.64 Å². The smallest absolute Gasteiger partial charge is 0.173 e. The SMILES string of the molecule is S=c1[nH]ncc2c1oc1ccccc12. The van der Waals surface area contributed by atoms with E-state index >= 15 is 0 Å². The Morgan fingerprint density at radius 1 is 1.21 bits per heavy atom. The summed E-state index contributed by atoms with van der Waals surface area (Å²) in [6.07, 6.45) is 1.73. The van der Waals surface area contributed by atoms with Gasteiger partial charge < -0.3 is 4.42 Å². The number of furan rings is 1. The molecule has 0 aliphatic carbocycles. The molecule has 0 amide bonds. The van der Waals surface area contributed by atoms with E-state index in [0.29, 0.717) is 10.2 Å². The molecule has 3 nitrogen and oxygen atoms in total. The van der Waals surface area contributed by atoms with Gasteiger partial charge in [0.15, 0.2) is 10.2 Å². The first-order valence-electron chi connectivity index (χ1n) is 4.21. The molecule has 0 fully saturated rings. The Kier molecular flexibility index (Phi) is 1.46. The minimum absolute atomic E-state index is 0.540. The highest BCUT2D eigenvalue weighted by molar-refractivity contribution is 7.71. The molecule has 4 heteroatoms. The zero-order valence-corrected chi connectivity index (χ0v) is 7.97. The maximum Gasteiger partial charge on any atom is 0.173 e. The van der Waals surface area contributed by atoms with Gasteiger partial charge >= 0.3 is 0 Å². The molecule has 0 saturated carbocycles. The van der Waals surface area contributed by atoms with Crippen molar-refractivity contribution in [3.8, 4) is 0 Å². The number of hydrogen-bond acceptors (Lipinski definition) is 3. The number of benzene rings is 1. The standard InChI is InChI=1S/C10H6N2OS/c14-10-9-7(5-11-12-10)6-3-1-2-4-8(6)13-9/h1-5H,(H,12,14). The maximum atomic E-state index is 5.61. The molecule has 0 radical (unpaired) electrons. The molecule has 14 heavy (non-hydrogen) atoms. The van der Waals surface area contributed by atoms with Crippen LogP contribution >= 0.6 is 12.2 Å². The van der Waals surface area contributed by atoms with Gasteiger partial charge in [-0.25, -0.2) is 0 Å². The average Bonchev–Trinajstić information content (AvgIpc) is 2.59. The molecule has 0 bridgehead atoms. The van der Waals surface area contributed by atoms with E-state index in [4.69, 9.17) is 16.6 Å². The zero-order valence-electron chi connectivity index (χ0n) is 7.15. The lowest BCUT2D eigenvalue weighted by molar-refractivity contribution is 0.663. The number of aromatic amines is 1. The van der Waals surface area contributed by atoms with E-state index in [1.54, 1.807) is 6.20 Å². The number of aromatic nitrogens is 2. The topological polar surface area (TPSA) is 41.8 Å². The molecule has 0 aliphatic rings. The number of fused-ring (bicyclic) bond motifs is 3. The van der Waals surface area contributed by atoms with Crippen LogP contribution in [0.5, 0.6) is 0 Å². The van der Waals surface area contributed by atoms with Crippen LogP contribution in [-0.4, -0.2) is 10.2 Å². The summed E-state index contributed by atoms with van der Waals surface area (Å²) >= 11 is 5.08. The fourth-order valence-corrected chi connectivity index (χ4v) is 1.77. The predicted octanol–water partition coefficient (Wildman–Crippen LogP) is 3.04. The number of para-hydroxylation sites is 1. The molecule has 1 aromatic carbocycles. The van der Waals surface area contributed by atoms with E-state index in [1.165, 1.54) is 0 Å². The molecule has 68 valence electrons. The van der Waals surface area contributed by atoms with Crippen molar-refractivity contribution >= 4 is 34.2 Å². The molecule has 0 spiro atoms. The molecule has 2 heterocycles. The Balaban J connectivity index is 2.70. The monoisotopic (exact) mass is 202 g/mol. The number of nitrogens with one attached hydrogen (secondary N) is 1. The highest BCUT2D eigenvalue weighted by Crippen LogP contribution is 2.27. The van der Waals surface area contributed by atoms with Gasteiger partial charge in [0.25, 0.3) is 0 Å². The van der Waals surface area contributed by atoms with Crippen molar-refractivity contribution in [1.29, 1.82) is 0 Å². The van der Waals surface area contributed by atoms with Gasteiger partial charge in [-0.05, 0) is 6.07 Å². The molecule has 3 rings (SSSR count). The van der Waals surface area contributed by atoms with E-state index in [2.05, 4.69) is 10.2 Å². The highest BCUT2D eigenvalue weighted by atomic mass is 32.1. The number of H-pyrrole nitrogens is 1. The molecule has 1 N–H and O–H groups in total. The highest BCUT2D eigenvalue weighted by Gasteiger charge is 2.06. The first kappa shape index (κ1) is 7.70. The summed E-state index contributed by atoms with van der Waals surface area (Å²) in [6.45, 7) is 0. The fourth-order valence-electron chi connectivity index (χ4n) is 1.57. The molecule has 2 aromatic heterocycles.